The first-order chi connectivity index (χ1) is 17.6. The zero-order valence-electron chi connectivity index (χ0n) is 20.3. The third kappa shape index (κ3) is 4.30. The molecule has 2 aliphatic heterocycles. The van der Waals surface area contributed by atoms with E-state index in [2.05, 4.69) is 53.2 Å². The third-order valence-corrected chi connectivity index (χ3v) is 6.95. The number of pyridine rings is 1. The number of benzene rings is 2. The van der Waals surface area contributed by atoms with Gasteiger partial charge in [0.15, 0.2) is 0 Å². The number of nitrogens with one attached hydrogen (secondary N) is 1. The molecule has 2 aliphatic rings. The Labute approximate surface area is 210 Å². The smallest absolute Gasteiger partial charge is 0.137 e. The Hall–Kier alpha value is -3.86. The van der Waals surface area contributed by atoms with E-state index in [0.29, 0.717) is 31.1 Å². The quantitative estimate of drug-likeness (QED) is 0.417. The minimum Gasteiger partial charge on any atom is -0.491 e. The van der Waals surface area contributed by atoms with Gasteiger partial charge in [0.2, 0.25) is 0 Å². The molecule has 2 fully saturated rings. The van der Waals surface area contributed by atoms with Crippen LogP contribution in [0.2, 0.25) is 0 Å². The second-order valence-corrected chi connectivity index (χ2v) is 9.87. The lowest BCUT2D eigenvalue weighted by molar-refractivity contribution is -0.120. The van der Waals surface area contributed by atoms with Crippen LogP contribution >= 0.6 is 0 Å². The highest BCUT2D eigenvalue weighted by atomic mass is 16.5. The number of fused-ring (bicyclic) bond motifs is 1. The van der Waals surface area contributed by atoms with Crippen molar-refractivity contribution < 1.29 is 14.2 Å². The SMILES string of the molecule is CC1(COc2ccc(-c3cccc4[nH]c(-c5ccc(N6CCOCC6)nc5)cc34)cc2C#N)COC1. The van der Waals surface area contributed by atoms with Gasteiger partial charge in [-0.05, 0) is 47.5 Å². The fraction of sp³-hybridized carbons (Fsp3) is 0.310. The molecular weight excluding hydrogens is 452 g/mol. The summed E-state index contributed by atoms with van der Waals surface area (Å²) in [5, 5.41) is 10.9. The number of nitriles is 1. The van der Waals surface area contributed by atoms with Crippen LogP contribution in [0.4, 0.5) is 5.82 Å². The number of H-pyrrole nitrogens is 1. The van der Waals surface area contributed by atoms with Crippen LogP contribution in [0.3, 0.4) is 0 Å². The summed E-state index contributed by atoms with van der Waals surface area (Å²) in [6.07, 6.45) is 1.92. The minimum atomic E-state index is 0.0216. The summed E-state index contributed by atoms with van der Waals surface area (Å²) in [6, 6.07) is 20.7. The highest BCUT2D eigenvalue weighted by Crippen LogP contribution is 2.35. The van der Waals surface area contributed by atoms with Crippen LogP contribution in [-0.4, -0.2) is 56.1 Å². The Balaban J connectivity index is 1.28. The van der Waals surface area contributed by atoms with Crippen molar-refractivity contribution in [3.05, 3.63) is 66.4 Å². The molecule has 4 aromatic rings. The summed E-state index contributed by atoms with van der Waals surface area (Å²) in [5.41, 5.74) is 5.68. The zero-order chi connectivity index (χ0) is 24.5. The number of aromatic amines is 1. The first-order valence-electron chi connectivity index (χ1n) is 12.3. The molecule has 0 amide bonds. The van der Waals surface area contributed by atoms with Crippen molar-refractivity contribution in [2.75, 3.05) is 51.0 Å². The Morgan fingerprint density at radius 3 is 2.61 bits per heavy atom. The standard InChI is InChI=1S/C29H28N4O3/c1-29(17-35-18-29)19-36-27-7-5-20(13-22(27)15-30)23-3-2-4-25-24(23)14-26(32-25)21-6-8-28(31-16-21)33-9-11-34-12-10-33/h2-8,13-14,16,32H,9-12,17-19H2,1H3. The van der Waals surface area contributed by atoms with E-state index in [-0.39, 0.29) is 5.41 Å². The van der Waals surface area contributed by atoms with Crippen molar-refractivity contribution in [3.63, 3.8) is 0 Å². The van der Waals surface area contributed by atoms with E-state index in [1.807, 2.05) is 30.5 Å². The van der Waals surface area contributed by atoms with Gasteiger partial charge in [-0.3, -0.25) is 0 Å². The largest absolute Gasteiger partial charge is 0.491 e. The summed E-state index contributed by atoms with van der Waals surface area (Å²) >= 11 is 0. The van der Waals surface area contributed by atoms with Crippen molar-refractivity contribution in [2.45, 2.75) is 6.92 Å². The molecule has 0 atom stereocenters. The summed E-state index contributed by atoms with van der Waals surface area (Å²) in [6.45, 7) is 7.26. The Kier molecular flexibility index (Phi) is 5.84. The van der Waals surface area contributed by atoms with Gasteiger partial charge in [0, 0.05) is 46.9 Å². The normalized spacial score (nSPS) is 16.9. The molecule has 0 radical (unpaired) electrons. The molecule has 2 aromatic carbocycles. The van der Waals surface area contributed by atoms with Gasteiger partial charge in [-0.2, -0.15) is 5.26 Å². The van der Waals surface area contributed by atoms with Gasteiger partial charge >= 0.3 is 0 Å². The number of anilines is 1. The molecule has 4 heterocycles. The van der Waals surface area contributed by atoms with E-state index in [4.69, 9.17) is 19.2 Å². The molecule has 1 N–H and O–H groups in total. The van der Waals surface area contributed by atoms with Crippen LogP contribution in [0.5, 0.6) is 5.75 Å². The highest BCUT2D eigenvalue weighted by molar-refractivity contribution is 5.98. The van der Waals surface area contributed by atoms with Gasteiger partial charge in [0.05, 0.1) is 38.6 Å². The maximum Gasteiger partial charge on any atom is 0.137 e. The Morgan fingerprint density at radius 2 is 1.89 bits per heavy atom. The zero-order valence-corrected chi connectivity index (χ0v) is 20.3. The molecule has 7 nitrogen and oxygen atoms in total. The Morgan fingerprint density at radius 1 is 1.06 bits per heavy atom. The molecule has 6 rings (SSSR count). The lowest BCUT2D eigenvalue weighted by Gasteiger charge is -2.37. The third-order valence-electron chi connectivity index (χ3n) is 6.95. The molecular formula is C29H28N4O3. The predicted octanol–water partition coefficient (Wildman–Crippen LogP) is 5.02. The number of rotatable bonds is 6. The topological polar surface area (TPSA) is 83.4 Å². The summed E-state index contributed by atoms with van der Waals surface area (Å²) < 4.78 is 16.8. The average molecular weight is 481 g/mol. The number of ether oxygens (including phenoxy) is 3. The summed E-state index contributed by atoms with van der Waals surface area (Å²) in [7, 11) is 0. The number of aromatic nitrogens is 2. The van der Waals surface area contributed by atoms with Gasteiger partial charge in [-0.25, -0.2) is 4.98 Å². The summed E-state index contributed by atoms with van der Waals surface area (Å²) in [4.78, 5) is 10.5. The molecule has 7 heteroatoms. The van der Waals surface area contributed by atoms with Crippen LogP contribution in [0.1, 0.15) is 12.5 Å². The lowest BCUT2D eigenvalue weighted by Crippen LogP contribution is -2.44. The number of hydrogen-bond acceptors (Lipinski definition) is 6. The van der Waals surface area contributed by atoms with Crippen LogP contribution in [-0.2, 0) is 9.47 Å². The van der Waals surface area contributed by atoms with Crippen molar-refractivity contribution >= 4 is 16.7 Å². The molecule has 0 bridgehead atoms. The van der Waals surface area contributed by atoms with Gasteiger partial charge in [-0.1, -0.05) is 25.1 Å². The van der Waals surface area contributed by atoms with Crippen molar-refractivity contribution in [3.8, 4) is 34.2 Å². The van der Waals surface area contributed by atoms with Gasteiger partial charge in [-0.15, -0.1) is 0 Å². The van der Waals surface area contributed by atoms with Crippen LogP contribution in [0.25, 0.3) is 33.3 Å². The summed E-state index contributed by atoms with van der Waals surface area (Å²) in [5.74, 6) is 1.59. The van der Waals surface area contributed by atoms with E-state index < -0.39 is 0 Å². The average Bonchev–Trinajstić information content (AvgIpc) is 3.36. The molecule has 0 aliphatic carbocycles. The molecule has 0 spiro atoms. The molecule has 0 saturated carbocycles. The maximum absolute atomic E-state index is 9.79. The van der Waals surface area contributed by atoms with E-state index in [1.165, 1.54) is 0 Å². The number of hydrogen-bond donors (Lipinski definition) is 1. The van der Waals surface area contributed by atoms with E-state index in [9.17, 15) is 5.26 Å². The lowest BCUT2D eigenvalue weighted by atomic mass is 9.90. The predicted molar refractivity (Wildman–Crippen MR) is 139 cm³/mol. The van der Waals surface area contributed by atoms with Crippen molar-refractivity contribution in [1.82, 2.24) is 9.97 Å². The monoisotopic (exact) mass is 480 g/mol. The van der Waals surface area contributed by atoms with E-state index in [1.54, 1.807) is 0 Å². The van der Waals surface area contributed by atoms with Gasteiger partial charge < -0.3 is 24.1 Å². The molecule has 182 valence electrons. The van der Waals surface area contributed by atoms with Crippen LogP contribution in [0, 0.1) is 16.7 Å². The Bertz CT molecular complexity index is 1430. The molecule has 2 saturated heterocycles. The fourth-order valence-electron chi connectivity index (χ4n) is 4.78. The highest BCUT2D eigenvalue weighted by Gasteiger charge is 2.34. The fourth-order valence-corrected chi connectivity index (χ4v) is 4.78. The minimum absolute atomic E-state index is 0.0216. The van der Waals surface area contributed by atoms with Crippen molar-refractivity contribution in [2.24, 2.45) is 5.41 Å². The van der Waals surface area contributed by atoms with E-state index >= 15 is 0 Å². The second kappa shape index (κ2) is 9.30. The van der Waals surface area contributed by atoms with Gasteiger partial charge in [0.1, 0.15) is 17.6 Å². The first-order valence-corrected chi connectivity index (χ1v) is 12.3. The van der Waals surface area contributed by atoms with Gasteiger partial charge in [0.25, 0.3) is 0 Å². The number of morpholine rings is 1. The first kappa shape index (κ1) is 22.6. The molecule has 36 heavy (non-hydrogen) atoms. The number of nitrogens with zero attached hydrogens (tertiary/aromatic N) is 3. The van der Waals surface area contributed by atoms with Crippen LogP contribution < -0.4 is 9.64 Å². The maximum atomic E-state index is 9.79. The molecule has 2 aromatic heterocycles. The van der Waals surface area contributed by atoms with E-state index in [0.717, 1.165) is 65.4 Å². The second-order valence-electron chi connectivity index (χ2n) is 9.87. The molecule has 0 unspecified atom stereocenters. The van der Waals surface area contributed by atoms with Crippen molar-refractivity contribution in [1.29, 1.82) is 5.26 Å². The van der Waals surface area contributed by atoms with Crippen LogP contribution in [0.15, 0.2) is 60.8 Å².